The van der Waals surface area contributed by atoms with E-state index in [1.54, 1.807) is 0 Å². The van der Waals surface area contributed by atoms with Crippen molar-refractivity contribution >= 4 is 5.91 Å². The van der Waals surface area contributed by atoms with E-state index < -0.39 is 11.7 Å². The molecule has 5 nitrogen and oxygen atoms in total. The number of morpholine rings is 1. The van der Waals surface area contributed by atoms with E-state index in [2.05, 4.69) is 0 Å². The molecule has 6 heteroatoms. The summed E-state index contributed by atoms with van der Waals surface area (Å²) in [6, 6.07) is 3.24. The Morgan fingerprint density at radius 3 is 3.06 bits per heavy atom. The number of phenolic OH excluding ortho intramolecular Hbond substituents is 1. The molecule has 1 fully saturated rings. The molecule has 1 atom stereocenters. The Hall–Kier alpha value is -1.66. The minimum absolute atomic E-state index is 0.0619. The molecule has 1 aromatic rings. The van der Waals surface area contributed by atoms with Crippen LogP contribution >= 0.6 is 0 Å². The fourth-order valence-electron chi connectivity index (χ4n) is 1.95. The molecule has 1 amide bonds. The van der Waals surface area contributed by atoms with Gasteiger partial charge in [0, 0.05) is 19.2 Å². The number of nitrogens with zero attached hydrogens (tertiary/aromatic N) is 1. The van der Waals surface area contributed by atoms with Crippen molar-refractivity contribution in [1.29, 1.82) is 0 Å². The summed E-state index contributed by atoms with van der Waals surface area (Å²) in [4.78, 5) is 13.7. The van der Waals surface area contributed by atoms with Crippen LogP contribution in [-0.4, -0.2) is 48.3 Å². The predicted molar refractivity (Wildman–Crippen MR) is 62.8 cm³/mol. The van der Waals surface area contributed by atoms with Crippen LogP contribution < -0.4 is 5.73 Å². The number of carbonyl (C=O) groups excluding carboxylic acids is 1. The van der Waals surface area contributed by atoms with Gasteiger partial charge in [-0.3, -0.25) is 4.79 Å². The minimum Gasteiger partial charge on any atom is -0.508 e. The van der Waals surface area contributed by atoms with E-state index in [0.29, 0.717) is 19.8 Å². The maximum Gasteiger partial charge on any atom is 0.257 e. The zero-order chi connectivity index (χ0) is 13.1. The predicted octanol–water partition coefficient (Wildman–Crippen LogP) is 0.331. The zero-order valence-electron chi connectivity index (χ0n) is 9.80. The van der Waals surface area contributed by atoms with E-state index in [1.165, 1.54) is 17.0 Å². The Kier molecular flexibility index (Phi) is 3.78. The third-order valence-corrected chi connectivity index (χ3v) is 2.94. The maximum atomic E-state index is 13.6. The van der Waals surface area contributed by atoms with E-state index in [-0.39, 0.29) is 23.9 Å². The number of carbonyl (C=O) groups is 1. The first-order valence-electron chi connectivity index (χ1n) is 5.70. The van der Waals surface area contributed by atoms with Crippen molar-refractivity contribution in [2.24, 2.45) is 5.73 Å². The Bertz CT molecular complexity index is 453. The third kappa shape index (κ3) is 2.44. The van der Waals surface area contributed by atoms with Crippen molar-refractivity contribution in [2.45, 2.75) is 6.04 Å². The number of ether oxygens (including phenoxy) is 1. The molecule has 0 aromatic heterocycles. The average Bonchev–Trinajstić information content (AvgIpc) is 2.38. The minimum atomic E-state index is -0.734. The van der Waals surface area contributed by atoms with Crippen molar-refractivity contribution < 1.29 is 19.0 Å². The lowest BCUT2D eigenvalue weighted by atomic mass is 10.1. The van der Waals surface area contributed by atoms with Crippen molar-refractivity contribution in [3.63, 3.8) is 0 Å². The lowest BCUT2D eigenvalue weighted by Crippen LogP contribution is -2.52. The molecule has 1 aromatic carbocycles. The van der Waals surface area contributed by atoms with Crippen LogP contribution in [0.2, 0.25) is 0 Å². The monoisotopic (exact) mass is 254 g/mol. The van der Waals surface area contributed by atoms with Gasteiger partial charge in [0.1, 0.15) is 11.6 Å². The summed E-state index contributed by atoms with van der Waals surface area (Å²) in [5, 5.41) is 9.12. The molecule has 0 bridgehead atoms. The lowest BCUT2D eigenvalue weighted by Gasteiger charge is -2.35. The summed E-state index contributed by atoms with van der Waals surface area (Å²) in [7, 11) is 0. The van der Waals surface area contributed by atoms with Gasteiger partial charge in [-0.1, -0.05) is 0 Å². The quantitative estimate of drug-likeness (QED) is 0.797. The molecule has 98 valence electrons. The molecule has 0 saturated carbocycles. The molecule has 2 rings (SSSR count). The number of hydrogen-bond acceptors (Lipinski definition) is 4. The molecular formula is C12H15FN2O3. The highest BCUT2D eigenvalue weighted by molar-refractivity contribution is 5.95. The number of nitrogens with two attached hydrogens (primary N) is 1. The van der Waals surface area contributed by atoms with Crippen LogP contribution in [0.15, 0.2) is 18.2 Å². The summed E-state index contributed by atoms with van der Waals surface area (Å²) in [5.41, 5.74) is 5.50. The third-order valence-electron chi connectivity index (χ3n) is 2.94. The van der Waals surface area contributed by atoms with Gasteiger partial charge in [-0.15, -0.1) is 0 Å². The lowest BCUT2D eigenvalue weighted by molar-refractivity contribution is 0.000598. The fourth-order valence-corrected chi connectivity index (χ4v) is 1.95. The van der Waals surface area contributed by atoms with Crippen LogP contribution in [-0.2, 0) is 4.74 Å². The topological polar surface area (TPSA) is 75.8 Å². The molecule has 3 N–H and O–H groups in total. The number of benzene rings is 1. The van der Waals surface area contributed by atoms with Gasteiger partial charge in [0.05, 0.1) is 24.8 Å². The van der Waals surface area contributed by atoms with Gasteiger partial charge in [0.15, 0.2) is 0 Å². The van der Waals surface area contributed by atoms with Crippen LogP contribution in [0.1, 0.15) is 10.4 Å². The second-order valence-corrected chi connectivity index (χ2v) is 4.13. The number of aromatic hydroxyl groups is 1. The molecular weight excluding hydrogens is 239 g/mol. The van der Waals surface area contributed by atoms with Crippen LogP contribution in [0.5, 0.6) is 5.75 Å². The first-order chi connectivity index (χ1) is 8.63. The van der Waals surface area contributed by atoms with E-state index in [1.807, 2.05) is 0 Å². The van der Waals surface area contributed by atoms with Gasteiger partial charge in [-0.2, -0.15) is 0 Å². The molecule has 0 radical (unpaired) electrons. The van der Waals surface area contributed by atoms with Gasteiger partial charge in [-0.25, -0.2) is 4.39 Å². The smallest absolute Gasteiger partial charge is 0.257 e. The normalized spacial score (nSPS) is 19.9. The van der Waals surface area contributed by atoms with Crippen molar-refractivity contribution in [3.05, 3.63) is 29.6 Å². The SMILES string of the molecule is NCC1COCCN1C(=O)c1ccc(O)cc1F. The van der Waals surface area contributed by atoms with E-state index in [0.717, 1.165) is 6.07 Å². The second kappa shape index (κ2) is 5.32. The fraction of sp³-hybridized carbons (Fsp3) is 0.417. The summed E-state index contributed by atoms with van der Waals surface area (Å²) in [6.07, 6.45) is 0. The molecule has 18 heavy (non-hydrogen) atoms. The highest BCUT2D eigenvalue weighted by atomic mass is 19.1. The second-order valence-electron chi connectivity index (χ2n) is 4.13. The van der Waals surface area contributed by atoms with Crippen molar-refractivity contribution in [3.8, 4) is 5.75 Å². The first-order valence-corrected chi connectivity index (χ1v) is 5.70. The standard InChI is InChI=1S/C12H15FN2O3/c13-11-5-9(16)1-2-10(11)12(17)15-3-4-18-7-8(15)6-14/h1-2,5,8,16H,3-4,6-7,14H2. The Labute approximate surface area is 104 Å². The van der Waals surface area contributed by atoms with Crippen LogP contribution in [0.25, 0.3) is 0 Å². The Morgan fingerprint density at radius 2 is 2.39 bits per heavy atom. The number of halogens is 1. The van der Waals surface area contributed by atoms with Gasteiger partial charge >= 0.3 is 0 Å². The molecule has 1 heterocycles. The maximum absolute atomic E-state index is 13.6. The first kappa shape index (κ1) is 12.8. The van der Waals surface area contributed by atoms with Crippen LogP contribution in [0.4, 0.5) is 4.39 Å². The largest absolute Gasteiger partial charge is 0.508 e. The van der Waals surface area contributed by atoms with Gasteiger partial charge in [-0.05, 0) is 12.1 Å². The number of rotatable bonds is 2. The van der Waals surface area contributed by atoms with Crippen LogP contribution in [0.3, 0.4) is 0 Å². The average molecular weight is 254 g/mol. The highest BCUT2D eigenvalue weighted by Gasteiger charge is 2.28. The van der Waals surface area contributed by atoms with E-state index in [9.17, 15) is 9.18 Å². The summed E-state index contributed by atoms with van der Waals surface area (Å²) < 4.78 is 18.8. The Balaban J connectivity index is 2.24. The van der Waals surface area contributed by atoms with Gasteiger partial charge in [0.2, 0.25) is 0 Å². The number of phenols is 1. The number of amides is 1. The molecule has 1 aliphatic heterocycles. The zero-order valence-corrected chi connectivity index (χ0v) is 9.80. The number of hydrogen-bond donors (Lipinski definition) is 2. The van der Waals surface area contributed by atoms with Crippen molar-refractivity contribution in [1.82, 2.24) is 4.90 Å². The Morgan fingerprint density at radius 1 is 1.61 bits per heavy atom. The summed E-state index contributed by atoms with van der Waals surface area (Å²) in [5.74, 6) is -1.37. The summed E-state index contributed by atoms with van der Waals surface area (Å²) in [6.45, 7) is 1.44. The van der Waals surface area contributed by atoms with E-state index >= 15 is 0 Å². The van der Waals surface area contributed by atoms with Gasteiger partial charge < -0.3 is 20.5 Å². The molecule has 0 spiro atoms. The van der Waals surface area contributed by atoms with Crippen LogP contribution in [0, 0.1) is 5.82 Å². The van der Waals surface area contributed by atoms with Gasteiger partial charge in [0.25, 0.3) is 5.91 Å². The van der Waals surface area contributed by atoms with Crippen molar-refractivity contribution in [2.75, 3.05) is 26.3 Å². The molecule has 1 aliphatic rings. The molecule has 0 aliphatic carbocycles. The summed E-state index contributed by atoms with van der Waals surface area (Å²) >= 11 is 0. The highest BCUT2D eigenvalue weighted by Crippen LogP contribution is 2.18. The van der Waals surface area contributed by atoms with E-state index in [4.69, 9.17) is 15.6 Å². The molecule has 1 saturated heterocycles. The molecule has 1 unspecified atom stereocenters.